The lowest BCUT2D eigenvalue weighted by molar-refractivity contribution is 0.400. The maximum Gasteiger partial charge on any atom is 0.123 e. The minimum Gasteiger partial charge on any atom is -0.310 e. The lowest BCUT2D eigenvalue weighted by atomic mass is 9.70. The van der Waals surface area contributed by atoms with E-state index in [2.05, 4.69) is 67.8 Å². The Morgan fingerprint density at radius 1 is 0.630 bits per heavy atom. The van der Waals surface area contributed by atoms with Crippen molar-refractivity contribution in [2.45, 2.75) is 64.5 Å². The van der Waals surface area contributed by atoms with Crippen molar-refractivity contribution in [3.05, 3.63) is 161 Å². The number of hydrogen-bond acceptors (Lipinski definition) is 2. The van der Waals surface area contributed by atoms with Crippen LogP contribution in [-0.4, -0.2) is 6.17 Å². The lowest BCUT2D eigenvalue weighted by Gasteiger charge is -2.37. The molecule has 54 heavy (non-hydrogen) atoms. The second-order valence-corrected chi connectivity index (χ2v) is 15.7. The molecule has 0 bridgehead atoms. The molecule has 2 nitrogen and oxygen atoms in total. The zero-order valence-corrected chi connectivity index (χ0v) is 30.7. The summed E-state index contributed by atoms with van der Waals surface area (Å²) in [7, 11) is 0. The lowest BCUT2D eigenvalue weighted by Crippen LogP contribution is -2.24. The Morgan fingerprint density at radius 3 is 1.74 bits per heavy atom. The molecule has 2 aliphatic carbocycles. The van der Waals surface area contributed by atoms with Gasteiger partial charge in [-0.25, -0.2) is 17.6 Å². The van der Waals surface area contributed by atoms with Crippen LogP contribution >= 0.6 is 0 Å². The van der Waals surface area contributed by atoms with E-state index in [1.807, 2.05) is 12.2 Å². The maximum absolute atomic E-state index is 14.5. The molecule has 0 N–H and O–H groups in total. The summed E-state index contributed by atoms with van der Waals surface area (Å²) in [5.74, 6) is -0.842. The van der Waals surface area contributed by atoms with Gasteiger partial charge >= 0.3 is 0 Å². The number of anilines is 5. The van der Waals surface area contributed by atoms with E-state index in [4.69, 9.17) is 0 Å². The number of alkyl halides is 1. The molecule has 0 spiro atoms. The summed E-state index contributed by atoms with van der Waals surface area (Å²) in [6, 6.07) is 30.7. The summed E-state index contributed by atoms with van der Waals surface area (Å²) in [6.45, 7) is 9.01. The third kappa shape index (κ3) is 5.53. The van der Waals surface area contributed by atoms with Crippen LogP contribution in [0.15, 0.2) is 127 Å². The molecule has 0 heterocycles. The van der Waals surface area contributed by atoms with E-state index in [9.17, 15) is 17.6 Å². The smallest absolute Gasteiger partial charge is 0.123 e. The Morgan fingerprint density at radius 2 is 1.19 bits per heavy atom. The zero-order valence-electron chi connectivity index (χ0n) is 30.7. The van der Waals surface area contributed by atoms with Gasteiger partial charge in [-0.3, -0.25) is 0 Å². The van der Waals surface area contributed by atoms with Crippen molar-refractivity contribution in [3.8, 4) is 0 Å². The van der Waals surface area contributed by atoms with Crippen molar-refractivity contribution in [3.63, 3.8) is 0 Å². The summed E-state index contributed by atoms with van der Waals surface area (Å²) >= 11 is 0. The monoisotopic (exact) mass is 720 g/mol. The molecule has 0 aromatic heterocycles. The molecule has 0 radical (unpaired) electrons. The average molecular weight is 721 g/mol. The molecule has 0 saturated carbocycles. The van der Waals surface area contributed by atoms with Gasteiger partial charge in [-0.2, -0.15) is 0 Å². The van der Waals surface area contributed by atoms with E-state index in [-0.39, 0.29) is 35.2 Å². The Hall–Kier alpha value is -5.62. The van der Waals surface area contributed by atoms with Crippen LogP contribution in [0.5, 0.6) is 0 Å². The van der Waals surface area contributed by atoms with Gasteiger partial charge < -0.3 is 9.80 Å². The largest absolute Gasteiger partial charge is 0.310 e. The average Bonchev–Trinajstić information content (AvgIpc) is 3.16. The van der Waals surface area contributed by atoms with E-state index in [1.165, 1.54) is 52.9 Å². The highest BCUT2D eigenvalue weighted by atomic mass is 19.1. The molecule has 0 amide bonds. The zero-order chi connectivity index (χ0) is 37.5. The molecule has 7 aromatic carbocycles. The number of allylic oxidation sites excluding steroid dienone is 3. The highest BCUT2D eigenvalue weighted by Crippen LogP contribution is 2.54. The first-order valence-electron chi connectivity index (χ1n) is 18.7. The van der Waals surface area contributed by atoms with E-state index >= 15 is 0 Å². The molecule has 2 aliphatic rings. The fraction of sp³-hybridized carbons (Fsp3) is 0.208. The standard InChI is InChI=1S/C48H40F4N2/c1-28(2)40-27-44(54(36-17-9-32(51)10-18-36)37-19-11-33(52)12-20-37)41-26-42-45-29(23-24-48(42,3)4)25-43(39-22-21-38(40)46(41)47(39)45)53(34-13-5-30(49)6-14-34)35-15-7-31(50)8-16-35/h5-7,9-22,25-28,31H,8,23-24H2,1-4H3. The molecule has 270 valence electrons. The fourth-order valence-electron chi connectivity index (χ4n) is 8.71. The molecule has 0 fully saturated rings. The Balaban J connectivity index is 1.44. The molecule has 9 rings (SSSR count). The predicted molar refractivity (Wildman–Crippen MR) is 215 cm³/mol. The van der Waals surface area contributed by atoms with Gasteiger partial charge in [0.1, 0.15) is 23.6 Å². The Bertz CT molecular complexity index is 2570. The van der Waals surface area contributed by atoms with Crippen molar-refractivity contribution in [1.29, 1.82) is 0 Å². The molecule has 0 aliphatic heterocycles. The van der Waals surface area contributed by atoms with Gasteiger partial charge in [0.25, 0.3) is 0 Å². The Labute approximate surface area is 313 Å². The van der Waals surface area contributed by atoms with Crippen LogP contribution in [0.3, 0.4) is 0 Å². The predicted octanol–water partition coefficient (Wildman–Crippen LogP) is 14.1. The molecule has 1 unspecified atom stereocenters. The van der Waals surface area contributed by atoms with E-state index in [1.54, 1.807) is 42.5 Å². The van der Waals surface area contributed by atoms with Gasteiger partial charge in [0, 0.05) is 45.3 Å². The first-order valence-corrected chi connectivity index (χ1v) is 18.7. The van der Waals surface area contributed by atoms with Crippen molar-refractivity contribution >= 4 is 60.8 Å². The van der Waals surface area contributed by atoms with Gasteiger partial charge in [-0.1, -0.05) is 45.9 Å². The van der Waals surface area contributed by atoms with Crippen molar-refractivity contribution in [2.75, 3.05) is 9.80 Å². The second kappa shape index (κ2) is 12.8. The first-order chi connectivity index (χ1) is 26.0. The van der Waals surface area contributed by atoms with Crippen molar-refractivity contribution < 1.29 is 17.6 Å². The van der Waals surface area contributed by atoms with Gasteiger partial charge in [0.05, 0.1) is 11.4 Å². The number of halogens is 4. The van der Waals surface area contributed by atoms with Gasteiger partial charge in [0.2, 0.25) is 0 Å². The molecular weight excluding hydrogens is 681 g/mol. The fourth-order valence-corrected chi connectivity index (χ4v) is 8.71. The summed E-state index contributed by atoms with van der Waals surface area (Å²) in [6.07, 6.45) is 6.34. The summed E-state index contributed by atoms with van der Waals surface area (Å²) in [5.41, 5.74) is 8.50. The van der Waals surface area contributed by atoms with Gasteiger partial charge in [-0.05, 0) is 160 Å². The minimum absolute atomic E-state index is 0.146. The molecule has 0 saturated heterocycles. The minimum atomic E-state index is -1.06. The van der Waals surface area contributed by atoms with E-state index in [0.717, 1.165) is 79.5 Å². The van der Waals surface area contributed by atoms with Crippen LogP contribution in [0.2, 0.25) is 0 Å². The highest BCUT2D eigenvalue weighted by Gasteiger charge is 2.34. The molecule has 7 aromatic rings. The topological polar surface area (TPSA) is 6.48 Å². The molecule has 1 atom stereocenters. The van der Waals surface area contributed by atoms with Crippen LogP contribution in [0.25, 0.3) is 32.3 Å². The van der Waals surface area contributed by atoms with Crippen molar-refractivity contribution in [2.24, 2.45) is 0 Å². The third-order valence-electron chi connectivity index (χ3n) is 11.5. The molecular formula is C48H40F4N2. The first kappa shape index (κ1) is 34.2. The van der Waals surface area contributed by atoms with Crippen LogP contribution < -0.4 is 9.80 Å². The number of aryl methyl sites for hydroxylation is 1. The number of nitrogens with zero attached hydrogens (tertiary/aromatic N) is 2. The number of rotatable bonds is 7. The third-order valence-corrected chi connectivity index (χ3v) is 11.5. The normalized spacial score (nSPS) is 16.5. The second-order valence-electron chi connectivity index (χ2n) is 15.7. The van der Waals surface area contributed by atoms with E-state index < -0.39 is 6.17 Å². The van der Waals surface area contributed by atoms with Gasteiger partial charge in [-0.15, -0.1) is 0 Å². The summed E-state index contributed by atoms with van der Waals surface area (Å²) in [4.78, 5) is 4.24. The van der Waals surface area contributed by atoms with Crippen molar-refractivity contribution in [1.82, 2.24) is 0 Å². The van der Waals surface area contributed by atoms with E-state index in [0.29, 0.717) is 0 Å². The van der Waals surface area contributed by atoms with Crippen LogP contribution in [0.4, 0.5) is 46.0 Å². The van der Waals surface area contributed by atoms with Crippen LogP contribution in [0, 0.1) is 17.5 Å². The summed E-state index contributed by atoms with van der Waals surface area (Å²) in [5, 5.41) is 6.75. The molecule has 6 heteroatoms. The summed E-state index contributed by atoms with van der Waals surface area (Å²) < 4.78 is 57.7. The van der Waals surface area contributed by atoms with Gasteiger partial charge in [0.15, 0.2) is 0 Å². The quantitative estimate of drug-likeness (QED) is 0.119. The number of hydrogen-bond donors (Lipinski definition) is 0. The SMILES string of the molecule is CC(C)c1cc(N(c2ccc(F)cc2)c2ccc(F)cc2)c2cc3c4c(cc(N(C5=CCC(F)C=C5)c5ccc(F)cc5)c5ccc1c2c54)CCC3(C)C. The van der Waals surface area contributed by atoms with Crippen LogP contribution in [-0.2, 0) is 11.8 Å². The maximum atomic E-state index is 14.5. The van der Waals surface area contributed by atoms with Crippen LogP contribution in [0.1, 0.15) is 63.1 Å². The highest BCUT2D eigenvalue weighted by molar-refractivity contribution is 6.30. The number of benzene rings is 7. The Kier molecular flexibility index (Phi) is 8.07.